The van der Waals surface area contributed by atoms with Crippen molar-refractivity contribution in [3.63, 3.8) is 0 Å². The van der Waals surface area contributed by atoms with E-state index in [9.17, 15) is 18.0 Å². The fraction of sp³-hybridized carbons (Fsp3) is 0.500. The van der Waals surface area contributed by atoms with Crippen molar-refractivity contribution in [2.45, 2.75) is 57.2 Å². The summed E-state index contributed by atoms with van der Waals surface area (Å²) in [4.78, 5) is 15.6. The lowest BCUT2D eigenvalue weighted by molar-refractivity contribution is -0.147. The molecule has 2 aromatic rings. The summed E-state index contributed by atoms with van der Waals surface area (Å²) < 4.78 is 40.1. The number of carbonyl (C=O) groups excluding carboxylic acids is 1. The smallest absolute Gasteiger partial charge is 0.365 e. The molecule has 1 amide bonds. The third-order valence-corrected chi connectivity index (χ3v) is 4.93. The average Bonchev–Trinajstić information content (AvgIpc) is 3.06. The number of amides is 1. The van der Waals surface area contributed by atoms with Gasteiger partial charge in [0.15, 0.2) is 5.82 Å². The quantitative estimate of drug-likeness (QED) is 0.809. The Bertz CT molecular complexity index is 794. The van der Waals surface area contributed by atoms with Crippen molar-refractivity contribution in [3.05, 3.63) is 35.8 Å². The first-order valence-corrected chi connectivity index (χ1v) is 8.94. The number of halogens is 3. The zero-order valence-electron chi connectivity index (χ0n) is 15.0. The largest absolute Gasteiger partial charge is 0.396 e. The van der Waals surface area contributed by atoms with Gasteiger partial charge in [-0.1, -0.05) is 19.3 Å². The van der Waals surface area contributed by atoms with E-state index in [1.165, 1.54) is 24.8 Å². The van der Waals surface area contributed by atoms with Crippen LogP contribution in [0, 0.1) is 0 Å². The van der Waals surface area contributed by atoms with Crippen LogP contribution in [0.1, 0.15) is 67.0 Å². The lowest BCUT2D eigenvalue weighted by Gasteiger charge is -2.21. The van der Waals surface area contributed by atoms with E-state index in [2.05, 4.69) is 15.4 Å². The Balaban J connectivity index is 1.80. The number of aromatic nitrogens is 3. The van der Waals surface area contributed by atoms with Gasteiger partial charge in [0, 0.05) is 6.20 Å². The maximum atomic E-state index is 12.8. The molecule has 0 radical (unpaired) electrons. The standard InChI is InChI=1S/C18H22F3N5O/c1-11(18(19,20)21)15-8-7-12(9-23-15)24-17-14(16(22)27)10-26(25-17)13-5-3-2-4-6-13/h7-11,13H,2-6H2,1H3,(H2,22,27)(H,24,25). The number of primary amides is 1. The minimum absolute atomic E-state index is 0.0732. The van der Waals surface area contributed by atoms with Crippen LogP contribution in [0.4, 0.5) is 24.7 Å². The molecule has 1 atom stereocenters. The number of hydrogen-bond acceptors (Lipinski definition) is 4. The normalized spacial score (nSPS) is 16.9. The Hall–Kier alpha value is -2.58. The predicted octanol–water partition coefficient (Wildman–Crippen LogP) is 4.29. The van der Waals surface area contributed by atoms with Crippen molar-refractivity contribution in [2.24, 2.45) is 5.73 Å². The van der Waals surface area contributed by atoms with E-state index >= 15 is 0 Å². The molecule has 146 valence electrons. The summed E-state index contributed by atoms with van der Waals surface area (Å²) in [7, 11) is 0. The van der Waals surface area contributed by atoms with E-state index in [1.54, 1.807) is 10.9 Å². The van der Waals surface area contributed by atoms with E-state index in [0.717, 1.165) is 32.6 Å². The number of pyridine rings is 1. The minimum Gasteiger partial charge on any atom is -0.365 e. The lowest BCUT2D eigenvalue weighted by atomic mass is 9.96. The number of nitrogens with zero attached hydrogens (tertiary/aromatic N) is 3. The molecule has 2 aromatic heterocycles. The Kier molecular flexibility index (Phi) is 5.38. The number of anilines is 2. The van der Waals surface area contributed by atoms with Gasteiger partial charge >= 0.3 is 6.18 Å². The maximum Gasteiger partial charge on any atom is 0.396 e. The molecule has 9 heteroatoms. The van der Waals surface area contributed by atoms with Gasteiger partial charge in [0.1, 0.15) is 5.56 Å². The first-order chi connectivity index (χ1) is 12.8. The first-order valence-electron chi connectivity index (χ1n) is 8.94. The van der Waals surface area contributed by atoms with Gasteiger partial charge < -0.3 is 11.1 Å². The molecule has 1 aliphatic rings. The van der Waals surface area contributed by atoms with Crippen LogP contribution in [0.2, 0.25) is 0 Å². The van der Waals surface area contributed by atoms with Gasteiger partial charge in [-0.05, 0) is 31.9 Å². The fourth-order valence-corrected chi connectivity index (χ4v) is 3.24. The highest BCUT2D eigenvalue weighted by Gasteiger charge is 2.37. The van der Waals surface area contributed by atoms with E-state index in [-0.39, 0.29) is 23.1 Å². The second-order valence-corrected chi connectivity index (χ2v) is 6.89. The van der Waals surface area contributed by atoms with Crippen LogP contribution in [0.15, 0.2) is 24.5 Å². The molecule has 2 heterocycles. The van der Waals surface area contributed by atoms with Gasteiger partial charge in [-0.25, -0.2) is 0 Å². The maximum absolute atomic E-state index is 12.8. The molecule has 1 saturated carbocycles. The molecule has 27 heavy (non-hydrogen) atoms. The Morgan fingerprint density at radius 3 is 2.56 bits per heavy atom. The summed E-state index contributed by atoms with van der Waals surface area (Å²) in [6, 6.07) is 3.01. The van der Waals surface area contributed by atoms with Crippen LogP contribution >= 0.6 is 0 Å². The monoisotopic (exact) mass is 381 g/mol. The average molecular weight is 381 g/mol. The first kappa shape index (κ1) is 19.2. The molecular formula is C18H22F3N5O. The Labute approximate surface area is 155 Å². The summed E-state index contributed by atoms with van der Waals surface area (Å²) in [5.41, 5.74) is 6.06. The van der Waals surface area contributed by atoms with Crippen molar-refractivity contribution in [1.82, 2.24) is 14.8 Å². The fourth-order valence-electron chi connectivity index (χ4n) is 3.24. The van der Waals surface area contributed by atoms with E-state index in [0.29, 0.717) is 5.69 Å². The van der Waals surface area contributed by atoms with Crippen LogP contribution in [0.3, 0.4) is 0 Å². The number of alkyl halides is 3. The van der Waals surface area contributed by atoms with Crippen molar-refractivity contribution in [1.29, 1.82) is 0 Å². The van der Waals surface area contributed by atoms with Crippen LogP contribution < -0.4 is 11.1 Å². The van der Waals surface area contributed by atoms with Gasteiger partial charge in [0.2, 0.25) is 0 Å². The zero-order chi connectivity index (χ0) is 19.6. The van der Waals surface area contributed by atoms with Crippen molar-refractivity contribution < 1.29 is 18.0 Å². The van der Waals surface area contributed by atoms with Crippen LogP contribution in [-0.2, 0) is 0 Å². The summed E-state index contributed by atoms with van der Waals surface area (Å²) in [5, 5.41) is 7.39. The highest BCUT2D eigenvalue weighted by atomic mass is 19.4. The van der Waals surface area contributed by atoms with E-state index in [4.69, 9.17) is 5.73 Å². The highest BCUT2D eigenvalue weighted by molar-refractivity contribution is 5.98. The van der Waals surface area contributed by atoms with Gasteiger partial charge in [-0.2, -0.15) is 18.3 Å². The zero-order valence-corrected chi connectivity index (χ0v) is 15.0. The third kappa shape index (κ3) is 4.40. The van der Waals surface area contributed by atoms with Gasteiger partial charge in [0.05, 0.1) is 29.5 Å². The third-order valence-electron chi connectivity index (χ3n) is 4.93. The van der Waals surface area contributed by atoms with Crippen LogP contribution in [0.5, 0.6) is 0 Å². The molecule has 3 N–H and O–H groups in total. The second-order valence-electron chi connectivity index (χ2n) is 6.89. The minimum atomic E-state index is -4.35. The number of rotatable bonds is 5. The van der Waals surface area contributed by atoms with Gasteiger partial charge in [0.25, 0.3) is 5.91 Å². The van der Waals surface area contributed by atoms with Crippen LogP contribution in [0.25, 0.3) is 0 Å². The number of hydrogen-bond donors (Lipinski definition) is 2. The predicted molar refractivity (Wildman–Crippen MR) is 94.9 cm³/mol. The SMILES string of the molecule is CC(c1ccc(Nc2nn(C3CCCCC3)cc2C(N)=O)cn1)C(F)(F)F. The van der Waals surface area contributed by atoms with E-state index < -0.39 is 18.0 Å². The molecule has 1 unspecified atom stereocenters. The highest BCUT2D eigenvalue weighted by Crippen LogP contribution is 2.34. The summed E-state index contributed by atoms with van der Waals surface area (Å²) in [6.45, 7) is 1.06. The summed E-state index contributed by atoms with van der Waals surface area (Å²) >= 11 is 0. The van der Waals surface area contributed by atoms with Gasteiger partial charge in [-0.15, -0.1) is 0 Å². The molecule has 1 fully saturated rings. The number of nitrogens with two attached hydrogens (primary N) is 1. The molecule has 1 aliphatic carbocycles. The molecular weight excluding hydrogens is 359 g/mol. The van der Waals surface area contributed by atoms with E-state index in [1.807, 2.05) is 0 Å². The molecule has 0 aromatic carbocycles. The molecule has 6 nitrogen and oxygen atoms in total. The molecule has 0 aliphatic heterocycles. The molecule has 0 saturated heterocycles. The Morgan fingerprint density at radius 1 is 1.30 bits per heavy atom. The Morgan fingerprint density at radius 2 is 2.00 bits per heavy atom. The second kappa shape index (κ2) is 7.58. The topological polar surface area (TPSA) is 85.8 Å². The molecule has 0 bridgehead atoms. The molecule has 0 spiro atoms. The molecule has 3 rings (SSSR count). The van der Waals surface area contributed by atoms with Crippen molar-refractivity contribution >= 4 is 17.4 Å². The summed E-state index contributed by atoms with van der Waals surface area (Å²) in [6.07, 6.45) is 3.98. The van der Waals surface area contributed by atoms with Crippen molar-refractivity contribution in [3.8, 4) is 0 Å². The van der Waals surface area contributed by atoms with Crippen molar-refractivity contribution in [2.75, 3.05) is 5.32 Å². The summed E-state index contributed by atoms with van der Waals surface area (Å²) in [5.74, 6) is -1.99. The number of nitrogens with one attached hydrogen (secondary N) is 1. The lowest BCUT2D eigenvalue weighted by Crippen LogP contribution is -2.18. The van der Waals surface area contributed by atoms with Crippen LogP contribution in [-0.4, -0.2) is 26.8 Å². The number of carbonyl (C=O) groups is 1. The van der Waals surface area contributed by atoms with Gasteiger partial charge in [-0.3, -0.25) is 14.5 Å².